The molecular weight excluding hydrogens is 473 g/mol. The van der Waals surface area contributed by atoms with Gasteiger partial charge in [-0.25, -0.2) is 16.8 Å². The predicted molar refractivity (Wildman–Crippen MR) is 57.4 cm³/mol. The number of rotatable bonds is 7. The van der Waals surface area contributed by atoms with Crippen molar-refractivity contribution >= 4 is 20.0 Å². The first-order chi connectivity index (χ1) is 11.2. The maximum Gasteiger partial charge on any atom is 0.461 e. The maximum atomic E-state index is 13.1. The third kappa shape index (κ3) is 3.78. The average molecular weight is 477 g/mol. The zero-order valence-electron chi connectivity index (χ0n) is 11.9. The largest absolute Gasteiger partial charge is 0.461 e. The molecule has 164 valence electrons. The Labute approximate surface area is 140 Å². The molecule has 0 bridgehead atoms. The number of alkyl halides is 13. The number of hydrogen-bond acceptors (Lipinski definition) is 4. The average Bonchev–Trinajstić information content (AvgIpc) is 2.33. The molecule has 0 aromatic heterocycles. The number of halogens is 13. The molecule has 0 aromatic carbocycles. The molecular formula is C7H4F13NO4S2. The van der Waals surface area contributed by atoms with Gasteiger partial charge >= 0.3 is 34.5 Å². The summed E-state index contributed by atoms with van der Waals surface area (Å²) in [5, 5.41) is -14.8. The van der Waals surface area contributed by atoms with E-state index in [4.69, 9.17) is 0 Å². The Hall–Kier alpha value is -1.05. The molecule has 0 aliphatic heterocycles. The lowest BCUT2D eigenvalue weighted by Gasteiger charge is -2.31. The quantitative estimate of drug-likeness (QED) is 0.573. The van der Waals surface area contributed by atoms with Crippen LogP contribution in [0.3, 0.4) is 0 Å². The second-order valence-electron chi connectivity index (χ2n) is 4.66. The van der Waals surface area contributed by atoms with Crippen LogP contribution in [0.25, 0.3) is 0 Å². The van der Waals surface area contributed by atoms with Gasteiger partial charge in [0.2, 0.25) is 0 Å². The first-order valence-corrected chi connectivity index (χ1v) is 8.41. The topological polar surface area (TPSA) is 80.3 Å². The Kier molecular flexibility index (Phi) is 5.98. The lowest BCUT2D eigenvalue weighted by atomic mass is 10.2. The lowest BCUT2D eigenvalue weighted by Crippen LogP contribution is -2.64. The van der Waals surface area contributed by atoms with Gasteiger partial charge in [-0.3, -0.25) is 0 Å². The third-order valence-electron chi connectivity index (χ3n) is 2.53. The van der Waals surface area contributed by atoms with Crippen molar-refractivity contribution in [2.45, 2.75) is 41.4 Å². The van der Waals surface area contributed by atoms with Crippen molar-refractivity contribution in [2.24, 2.45) is 0 Å². The third-order valence-corrected chi connectivity index (χ3v) is 6.15. The molecule has 0 radical (unpaired) electrons. The number of hydrogen-bond donors (Lipinski definition) is 1. The molecule has 0 aliphatic rings. The highest BCUT2D eigenvalue weighted by Gasteiger charge is 2.81. The number of nitrogens with one attached hydrogen (secondary N) is 1. The summed E-state index contributed by atoms with van der Waals surface area (Å²) in [5.41, 5.74) is 0. The Morgan fingerprint density at radius 2 is 0.815 bits per heavy atom. The van der Waals surface area contributed by atoms with Crippen molar-refractivity contribution in [3.8, 4) is 0 Å². The number of sulfonamides is 2. The van der Waals surface area contributed by atoms with Crippen molar-refractivity contribution in [1.82, 2.24) is 4.13 Å². The molecule has 0 fully saturated rings. The summed E-state index contributed by atoms with van der Waals surface area (Å²) < 4.78 is 206. The van der Waals surface area contributed by atoms with E-state index in [-0.39, 0.29) is 0 Å². The van der Waals surface area contributed by atoms with E-state index < -0.39 is 65.6 Å². The van der Waals surface area contributed by atoms with Gasteiger partial charge in [0, 0.05) is 6.92 Å². The highest BCUT2D eigenvalue weighted by atomic mass is 32.3. The second-order valence-corrected chi connectivity index (χ2v) is 8.36. The summed E-state index contributed by atoms with van der Waals surface area (Å²) in [7, 11) is -16.0. The molecule has 0 saturated carbocycles. The van der Waals surface area contributed by atoms with E-state index in [0.29, 0.717) is 0 Å². The van der Waals surface area contributed by atoms with Gasteiger partial charge in [0.05, 0.1) is 0 Å². The molecule has 0 unspecified atom stereocenters. The normalized spacial score (nSPS) is 16.5. The van der Waals surface area contributed by atoms with E-state index in [9.17, 15) is 73.9 Å². The molecule has 5 nitrogen and oxygen atoms in total. The fraction of sp³-hybridized carbons (Fsp3) is 1.00. The van der Waals surface area contributed by atoms with Crippen molar-refractivity contribution in [2.75, 3.05) is 0 Å². The maximum absolute atomic E-state index is 13.1. The monoisotopic (exact) mass is 477 g/mol. The molecule has 0 spiro atoms. The highest BCUT2D eigenvalue weighted by Crippen LogP contribution is 2.51. The van der Waals surface area contributed by atoms with Crippen LogP contribution >= 0.6 is 0 Å². The molecule has 0 atom stereocenters. The fourth-order valence-electron chi connectivity index (χ4n) is 1.01. The molecule has 0 amide bonds. The lowest BCUT2D eigenvalue weighted by molar-refractivity contribution is -0.332. The molecule has 1 N–H and O–H groups in total. The van der Waals surface area contributed by atoms with Gasteiger partial charge < -0.3 is 0 Å². The molecule has 27 heavy (non-hydrogen) atoms. The minimum Gasteiger partial charge on any atom is -0.205 e. The van der Waals surface area contributed by atoms with Gasteiger partial charge in [0.25, 0.3) is 20.0 Å². The Balaban J connectivity index is 6.37. The van der Waals surface area contributed by atoms with Gasteiger partial charge in [-0.1, -0.05) is 4.13 Å². The highest BCUT2D eigenvalue weighted by molar-refractivity contribution is 8.05. The Bertz CT molecular complexity index is 710. The van der Waals surface area contributed by atoms with Gasteiger partial charge in [-0.2, -0.15) is 57.1 Å². The summed E-state index contributed by atoms with van der Waals surface area (Å²) in [6, 6.07) is 0. The van der Waals surface area contributed by atoms with Crippen LogP contribution in [0.5, 0.6) is 0 Å². The molecule has 0 aromatic rings. The van der Waals surface area contributed by atoms with E-state index in [1.807, 2.05) is 0 Å². The van der Waals surface area contributed by atoms with Crippen LogP contribution < -0.4 is 4.13 Å². The van der Waals surface area contributed by atoms with Crippen LogP contribution in [0.1, 0.15) is 6.92 Å². The van der Waals surface area contributed by atoms with Gasteiger partial charge in [-0.05, 0) is 0 Å². The van der Waals surface area contributed by atoms with E-state index in [1.165, 1.54) is 0 Å². The standard InChI is InChI=1S/C7H4F13NO4S2/c1-2(8,9)3(10,11)6(17,18)26(22,23)21-27(24,25)7(19,20)4(12,13)5(14,15)16/h21H,1H3. The summed E-state index contributed by atoms with van der Waals surface area (Å²) >= 11 is 0. The van der Waals surface area contributed by atoms with Crippen molar-refractivity contribution < 1.29 is 73.9 Å². The van der Waals surface area contributed by atoms with E-state index in [2.05, 4.69) is 0 Å². The SMILES string of the molecule is CC(F)(F)C(F)(F)C(F)(F)S(=O)(=O)NS(=O)(=O)C(F)(F)C(F)(F)C(F)(F)F. The van der Waals surface area contributed by atoms with E-state index >= 15 is 0 Å². The van der Waals surface area contributed by atoms with Crippen molar-refractivity contribution in [3.63, 3.8) is 0 Å². The summed E-state index contributed by atoms with van der Waals surface area (Å²) in [6.45, 7) is -1.02. The Morgan fingerprint density at radius 1 is 0.556 bits per heavy atom. The van der Waals surface area contributed by atoms with Crippen molar-refractivity contribution in [3.05, 3.63) is 0 Å². The summed E-state index contributed by atoms with van der Waals surface area (Å²) in [6.07, 6.45) is -7.39. The minimum atomic E-state index is -8.05. The zero-order valence-corrected chi connectivity index (χ0v) is 13.5. The van der Waals surface area contributed by atoms with Gasteiger partial charge in [0.1, 0.15) is 0 Å². The molecule has 0 heterocycles. The predicted octanol–water partition coefficient (Wildman–Crippen LogP) is 2.91. The van der Waals surface area contributed by atoms with E-state index in [0.717, 1.165) is 0 Å². The fourth-order valence-corrected chi connectivity index (χ4v) is 3.97. The van der Waals surface area contributed by atoms with Crippen LogP contribution in [0.4, 0.5) is 57.1 Å². The molecule has 0 saturated heterocycles. The van der Waals surface area contributed by atoms with Crippen LogP contribution in [0, 0.1) is 0 Å². The van der Waals surface area contributed by atoms with Gasteiger partial charge in [-0.15, -0.1) is 0 Å². The first kappa shape index (κ1) is 26.0. The second kappa shape index (κ2) is 6.22. The summed E-state index contributed by atoms with van der Waals surface area (Å²) in [4.78, 5) is 0. The van der Waals surface area contributed by atoms with Crippen LogP contribution in [-0.2, 0) is 20.0 Å². The van der Waals surface area contributed by atoms with Crippen LogP contribution in [0.15, 0.2) is 0 Å². The van der Waals surface area contributed by atoms with E-state index in [1.54, 1.807) is 0 Å². The molecule has 20 heteroatoms. The van der Waals surface area contributed by atoms with Crippen LogP contribution in [0.2, 0.25) is 0 Å². The zero-order chi connectivity index (χ0) is 22.7. The van der Waals surface area contributed by atoms with Crippen LogP contribution in [-0.4, -0.2) is 51.3 Å². The first-order valence-electron chi connectivity index (χ1n) is 5.44. The van der Waals surface area contributed by atoms with Gasteiger partial charge in [0.15, 0.2) is 0 Å². The Morgan fingerprint density at radius 3 is 1.04 bits per heavy atom. The molecule has 0 rings (SSSR count). The summed E-state index contributed by atoms with van der Waals surface area (Å²) in [5.74, 6) is -20.6. The molecule has 0 aliphatic carbocycles. The smallest absolute Gasteiger partial charge is 0.205 e. The van der Waals surface area contributed by atoms with Crippen molar-refractivity contribution in [1.29, 1.82) is 0 Å². The minimum absolute atomic E-state index is 1.02.